The first-order chi connectivity index (χ1) is 6.94. The van der Waals surface area contributed by atoms with Crippen LogP contribution in [0.1, 0.15) is 46.0 Å². The van der Waals surface area contributed by atoms with Crippen LogP contribution in [0.5, 0.6) is 0 Å². The Morgan fingerprint density at radius 3 is 2.00 bits per heavy atom. The first-order valence-corrected chi connectivity index (χ1v) is 7.15. The predicted molar refractivity (Wildman–Crippen MR) is 61.2 cm³/mol. The van der Waals surface area contributed by atoms with Crippen LogP contribution < -0.4 is 5.73 Å². The molecule has 0 saturated heterocycles. The zero-order valence-corrected chi connectivity index (χ0v) is 10.3. The lowest BCUT2D eigenvalue weighted by Gasteiger charge is -2.15. The smallest absolute Gasteiger partial charge is 0.218 e. The molecule has 0 radical (unpaired) electrons. The highest BCUT2D eigenvalue weighted by molar-refractivity contribution is 7.92. The lowest BCUT2D eigenvalue weighted by Crippen LogP contribution is -2.26. The van der Waals surface area contributed by atoms with Gasteiger partial charge in [-0.1, -0.05) is 26.7 Å². The van der Waals surface area contributed by atoms with Crippen molar-refractivity contribution in [2.45, 2.75) is 51.2 Å². The van der Waals surface area contributed by atoms with Crippen molar-refractivity contribution in [2.24, 2.45) is 5.73 Å². The number of primary amides is 1. The van der Waals surface area contributed by atoms with Crippen molar-refractivity contribution < 1.29 is 13.2 Å². The van der Waals surface area contributed by atoms with Crippen LogP contribution in [0.2, 0.25) is 0 Å². The van der Waals surface area contributed by atoms with E-state index in [2.05, 4.69) is 0 Å². The van der Waals surface area contributed by atoms with Gasteiger partial charge in [-0.05, 0) is 12.8 Å². The number of nitrogens with two attached hydrogens (primary N) is 1. The maximum absolute atomic E-state index is 11.8. The zero-order valence-electron chi connectivity index (χ0n) is 9.53. The van der Waals surface area contributed by atoms with Crippen LogP contribution in [-0.2, 0) is 14.6 Å². The summed E-state index contributed by atoms with van der Waals surface area (Å²) >= 11 is 0. The van der Waals surface area contributed by atoms with Crippen LogP contribution in [0.25, 0.3) is 0 Å². The van der Waals surface area contributed by atoms with Gasteiger partial charge in [0, 0.05) is 6.42 Å². The Morgan fingerprint density at radius 1 is 1.20 bits per heavy atom. The number of hydrogen-bond acceptors (Lipinski definition) is 3. The van der Waals surface area contributed by atoms with Crippen molar-refractivity contribution in [1.29, 1.82) is 0 Å². The van der Waals surface area contributed by atoms with E-state index in [4.69, 9.17) is 5.73 Å². The number of hydrogen-bond donors (Lipinski definition) is 1. The van der Waals surface area contributed by atoms with Crippen LogP contribution in [0, 0.1) is 0 Å². The first-order valence-electron chi connectivity index (χ1n) is 5.43. The average molecular weight is 235 g/mol. The van der Waals surface area contributed by atoms with Gasteiger partial charge in [-0.2, -0.15) is 0 Å². The summed E-state index contributed by atoms with van der Waals surface area (Å²) in [5.74, 6) is -0.655. The molecule has 0 unspecified atom stereocenters. The fraction of sp³-hybridized carbons (Fsp3) is 0.900. The quantitative estimate of drug-likeness (QED) is 0.687. The molecule has 0 aliphatic rings. The molecule has 0 atom stereocenters. The van der Waals surface area contributed by atoms with Gasteiger partial charge in [0.15, 0.2) is 9.84 Å². The maximum Gasteiger partial charge on any atom is 0.218 e. The highest BCUT2D eigenvalue weighted by Gasteiger charge is 2.23. The molecule has 0 fully saturated rings. The van der Waals surface area contributed by atoms with Crippen molar-refractivity contribution in [3.05, 3.63) is 0 Å². The predicted octanol–water partition coefficient (Wildman–Crippen LogP) is 1.25. The first kappa shape index (κ1) is 14.4. The molecule has 0 bridgehead atoms. The van der Waals surface area contributed by atoms with E-state index in [1.54, 1.807) is 0 Å². The largest absolute Gasteiger partial charge is 0.370 e. The Kier molecular flexibility index (Phi) is 6.56. The zero-order chi connectivity index (χ0) is 11.9. The minimum absolute atomic E-state index is 0.0632. The molecular weight excluding hydrogens is 214 g/mol. The minimum atomic E-state index is -3.14. The van der Waals surface area contributed by atoms with Crippen LogP contribution in [0.4, 0.5) is 0 Å². The summed E-state index contributed by atoms with van der Waals surface area (Å²) in [5.41, 5.74) is 4.94. The molecular formula is C10H21NO3S. The molecule has 0 spiro atoms. The van der Waals surface area contributed by atoms with E-state index in [9.17, 15) is 13.2 Å². The molecule has 15 heavy (non-hydrogen) atoms. The SMILES string of the molecule is CCCC(CCC)S(=O)(=O)CCC(N)=O. The van der Waals surface area contributed by atoms with Gasteiger partial charge in [0.1, 0.15) is 0 Å². The summed E-state index contributed by atoms with van der Waals surface area (Å²) in [6.45, 7) is 3.93. The van der Waals surface area contributed by atoms with Gasteiger partial charge in [0.2, 0.25) is 5.91 Å². The van der Waals surface area contributed by atoms with Gasteiger partial charge in [0.05, 0.1) is 11.0 Å². The van der Waals surface area contributed by atoms with Gasteiger partial charge >= 0.3 is 0 Å². The fourth-order valence-corrected chi connectivity index (χ4v) is 3.57. The van der Waals surface area contributed by atoms with Crippen LogP contribution in [0.3, 0.4) is 0 Å². The summed E-state index contributed by atoms with van der Waals surface area (Å²) in [6, 6.07) is 0. The van der Waals surface area contributed by atoms with E-state index in [1.807, 2.05) is 13.8 Å². The van der Waals surface area contributed by atoms with E-state index < -0.39 is 15.7 Å². The van der Waals surface area contributed by atoms with E-state index in [1.165, 1.54) is 0 Å². The van der Waals surface area contributed by atoms with Gasteiger partial charge in [-0.25, -0.2) is 8.42 Å². The Hall–Kier alpha value is -0.580. The van der Waals surface area contributed by atoms with E-state index in [0.717, 1.165) is 12.8 Å². The summed E-state index contributed by atoms with van der Waals surface area (Å²) in [4.78, 5) is 10.5. The van der Waals surface area contributed by atoms with Crippen LogP contribution >= 0.6 is 0 Å². The van der Waals surface area contributed by atoms with E-state index in [0.29, 0.717) is 12.8 Å². The van der Waals surface area contributed by atoms with Crippen molar-refractivity contribution in [3.8, 4) is 0 Å². The molecule has 1 amide bonds. The summed E-state index contributed by atoms with van der Waals surface area (Å²) < 4.78 is 23.6. The lowest BCUT2D eigenvalue weighted by atomic mass is 10.2. The minimum Gasteiger partial charge on any atom is -0.370 e. The van der Waals surface area contributed by atoms with Crippen LogP contribution in [-0.4, -0.2) is 25.3 Å². The molecule has 0 heterocycles. The summed E-state index contributed by atoms with van der Waals surface area (Å²) in [5, 5.41) is -0.299. The number of sulfone groups is 1. The lowest BCUT2D eigenvalue weighted by molar-refractivity contribution is -0.117. The number of carbonyl (C=O) groups excluding carboxylic acids is 1. The standard InChI is InChI=1S/C10H21NO3S/c1-3-5-9(6-4-2)15(13,14)8-7-10(11)12/h9H,3-8H2,1-2H3,(H2,11,12). The molecule has 5 heteroatoms. The molecule has 0 aromatic heterocycles. The van der Waals surface area contributed by atoms with Crippen LogP contribution in [0.15, 0.2) is 0 Å². The second-order valence-corrected chi connectivity index (χ2v) is 6.18. The van der Waals surface area contributed by atoms with Gasteiger partial charge < -0.3 is 5.73 Å². The average Bonchev–Trinajstić information content (AvgIpc) is 2.15. The molecule has 4 nitrogen and oxygen atoms in total. The Balaban J connectivity index is 4.42. The number of amides is 1. The highest BCUT2D eigenvalue weighted by atomic mass is 32.2. The molecule has 0 saturated carbocycles. The van der Waals surface area contributed by atoms with Crippen molar-refractivity contribution in [1.82, 2.24) is 0 Å². The number of carbonyl (C=O) groups is 1. The Morgan fingerprint density at radius 2 is 1.67 bits per heavy atom. The molecule has 0 aliphatic carbocycles. The monoisotopic (exact) mass is 235 g/mol. The van der Waals surface area contributed by atoms with Gasteiger partial charge in [0.25, 0.3) is 0 Å². The molecule has 90 valence electrons. The van der Waals surface area contributed by atoms with Gasteiger partial charge in [-0.3, -0.25) is 4.79 Å². The molecule has 2 N–H and O–H groups in total. The maximum atomic E-state index is 11.8. The highest BCUT2D eigenvalue weighted by Crippen LogP contribution is 2.16. The third-order valence-electron chi connectivity index (χ3n) is 2.36. The topological polar surface area (TPSA) is 77.2 Å². The molecule has 0 aromatic carbocycles. The number of rotatable bonds is 8. The third kappa shape index (κ3) is 5.77. The Labute approximate surface area is 92.2 Å². The second kappa shape index (κ2) is 6.82. The van der Waals surface area contributed by atoms with E-state index >= 15 is 0 Å². The van der Waals surface area contributed by atoms with Crippen molar-refractivity contribution in [2.75, 3.05) is 5.75 Å². The molecule has 0 aliphatic heterocycles. The van der Waals surface area contributed by atoms with Crippen molar-refractivity contribution in [3.63, 3.8) is 0 Å². The molecule has 0 rings (SSSR count). The van der Waals surface area contributed by atoms with Gasteiger partial charge in [-0.15, -0.1) is 0 Å². The fourth-order valence-electron chi connectivity index (χ4n) is 1.56. The normalized spacial score (nSPS) is 11.9. The molecule has 0 aromatic rings. The second-order valence-electron chi connectivity index (χ2n) is 3.78. The summed E-state index contributed by atoms with van der Waals surface area (Å²) in [7, 11) is -3.14. The van der Waals surface area contributed by atoms with E-state index in [-0.39, 0.29) is 17.4 Å². The third-order valence-corrected chi connectivity index (χ3v) is 4.62. The Bertz CT molecular complexity index is 279. The van der Waals surface area contributed by atoms with Crippen molar-refractivity contribution >= 4 is 15.7 Å². The summed E-state index contributed by atoms with van der Waals surface area (Å²) in [6.07, 6.45) is 2.98.